The Kier molecular flexibility index (Phi) is 3.78. The fourth-order valence-electron chi connectivity index (χ4n) is 3.57. The first-order chi connectivity index (χ1) is 10.8. The van der Waals surface area contributed by atoms with Gasteiger partial charge < -0.3 is 10.6 Å². The van der Waals surface area contributed by atoms with Crippen LogP contribution in [-0.2, 0) is 10.2 Å². The van der Waals surface area contributed by atoms with E-state index in [0.29, 0.717) is 13.0 Å². The van der Waals surface area contributed by atoms with E-state index in [9.17, 15) is 9.18 Å². The molecule has 0 aromatic heterocycles. The lowest BCUT2D eigenvalue weighted by Gasteiger charge is -2.38. The minimum Gasteiger partial charge on any atom is -0.382 e. The zero-order valence-corrected chi connectivity index (χ0v) is 14.1. The van der Waals surface area contributed by atoms with Gasteiger partial charge in [-0.15, -0.1) is 0 Å². The number of halogens is 1. The number of hydrogen-bond donors (Lipinski definition) is 2. The van der Waals surface area contributed by atoms with Crippen LogP contribution < -0.4 is 10.6 Å². The fraction of sp³-hybridized carbons (Fsp3) is 0.421. The molecule has 0 fully saturated rings. The van der Waals surface area contributed by atoms with Crippen LogP contribution in [0.4, 0.5) is 10.1 Å². The summed E-state index contributed by atoms with van der Waals surface area (Å²) in [4.78, 5) is 12.6. The van der Waals surface area contributed by atoms with Gasteiger partial charge in [-0.05, 0) is 69.0 Å². The molecule has 2 N–H and O–H groups in total. The van der Waals surface area contributed by atoms with Gasteiger partial charge in [-0.3, -0.25) is 4.79 Å². The van der Waals surface area contributed by atoms with Gasteiger partial charge in [0.25, 0.3) is 0 Å². The van der Waals surface area contributed by atoms with E-state index in [1.165, 1.54) is 23.3 Å². The molecule has 2 atom stereocenters. The van der Waals surface area contributed by atoms with E-state index in [-0.39, 0.29) is 17.6 Å². The van der Waals surface area contributed by atoms with Crippen molar-refractivity contribution in [1.29, 1.82) is 0 Å². The summed E-state index contributed by atoms with van der Waals surface area (Å²) in [5.41, 5.74) is 4.53. The molecule has 2 aliphatic heterocycles. The highest BCUT2D eigenvalue weighted by atomic mass is 19.1. The van der Waals surface area contributed by atoms with Crippen LogP contribution in [0.3, 0.4) is 0 Å². The number of rotatable bonds is 2. The van der Waals surface area contributed by atoms with Crippen LogP contribution >= 0.6 is 0 Å². The number of fused-ring (bicyclic) bond motifs is 1. The molecule has 1 aromatic rings. The van der Waals surface area contributed by atoms with Gasteiger partial charge in [-0.2, -0.15) is 0 Å². The molecule has 0 saturated heterocycles. The average Bonchev–Trinajstić information content (AvgIpc) is 2.49. The summed E-state index contributed by atoms with van der Waals surface area (Å²) >= 11 is 0. The van der Waals surface area contributed by atoms with Gasteiger partial charge in [-0.25, -0.2) is 4.39 Å². The second-order valence-corrected chi connectivity index (χ2v) is 6.85. The maximum atomic E-state index is 13.7. The highest BCUT2D eigenvalue weighted by Gasteiger charge is 2.41. The third-order valence-corrected chi connectivity index (χ3v) is 5.27. The molecule has 2 heterocycles. The molecular weight excluding hydrogens is 291 g/mol. The minimum atomic E-state index is -0.692. The fourth-order valence-corrected chi connectivity index (χ4v) is 3.57. The molecule has 4 heteroatoms. The van der Waals surface area contributed by atoms with Gasteiger partial charge in [0, 0.05) is 17.4 Å². The van der Waals surface area contributed by atoms with E-state index in [1.807, 2.05) is 6.92 Å². The summed E-state index contributed by atoms with van der Waals surface area (Å²) < 4.78 is 13.7. The number of dihydropyridines is 1. The molecule has 3 rings (SSSR count). The predicted octanol–water partition coefficient (Wildman–Crippen LogP) is 3.68. The Morgan fingerprint density at radius 1 is 1.30 bits per heavy atom. The van der Waals surface area contributed by atoms with Crippen molar-refractivity contribution < 1.29 is 9.18 Å². The maximum Gasteiger partial charge on any atom is 0.162 e. The van der Waals surface area contributed by atoms with Crippen LogP contribution in [-0.4, -0.2) is 18.4 Å². The van der Waals surface area contributed by atoms with Gasteiger partial charge >= 0.3 is 0 Å². The normalized spacial score (nSPS) is 27.1. The smallest absolute Gasteiger partial charge is 0.162 e. The van der Waals surface area contributed by atoms with E-state index < -0.39 is 5.41 Å². The summed E-state index contributed by atoms with van der Waals surface area (Å²) in [5.74, 6) is -0.200. The Morgan fingerprint density at radius 3 is 2.74 bits per heavy atom. The summed E-state index contributed by atoms with van der Waals surface area (Å²) in [7, 11) is 0. The van der Waals surface area contributed by atoms with Gasteiger partial charge in [0.15, 0.2) is 5.78 Å². The number of anilines is 1. The maximum absolute atomic E-state index is 13.7. The Morgan fingerprint density at radius 2 is 2.04 bits per heavy atom. The van der Waals surface area contributed by atoms with Crippen LogP contribution in [0.25, 0.3) is 0 Å². The molecule has 0 radical (unpaired) electrons. The van der Waals surface area contributed by atoms with Crippen molar-refractivity contribution in [3.8, 4) is 0 Å². The highest BCUT2D eigenvalue weighted by molar-refractivity contribution is 5.97. The van der Waals surface area contributed by atoms with Crippen LogP contribution in [0.5, 0.6) is 0 Å². The van der Waals surface area contributed by atoms with Crippen LogP contribution in [0.15, 0.2) is 41.1 Å². The standard InChI is InChI=1S/C19H23FN2O/c1-11-7-15(22-13(3)12(11)2)9-19(4)16-8-14(20)5-6-17(16)21-10-18(19)23/h5-8,15,21-22H,9-10H2,1-4H3. The molecule has 0 spiro atoms. The monoisotopic (exact) mass is 314 g/mol. The summed E-state index contributed by atoms with van der Waals surface area (Å²) in [6.45, 7) is 8.45. The molecular formula is C19H23FN2O. The zero-order chi connectivity index (χ0) is 16.8. The lowest BCUT2D eigenvalue weighted by atomic mass is 9.70. The van der Waals surface area contributed by atoms with E-state index in [4.69, 9.17) is 0 Å². The van der Waals surface area contributed by atoms with Crippen molar-refractivity contribution in [2.75, 3.05) is 11.9 Å². The number of hydrogen-bond acceptors (Lipinski definition) is 3. The molecule has 0 aliphatic carbocycles. The molecule has 0 saturated carbocycles. The number of nitrogens with one attached hydrogen (secondary N) is 2. The molecule has 1 aromatic carbocycles. The second-order valence-electron chi connectivity index (χ2n) is 6.85. The van der Waals surface area contributed by atoms with Crippen LogP contribution in [0.2, 0.25) is 0 Å². The van der Waals surface area contributed by atoms with Gasteiger partial charge in [0.05, 0.1) is 12.0 Å². The number of allylic oxidation sites excluding steroid dienone is 3. The van der Waals surface area contributed by atoms with Crippen LogP contribution in [0.1, 0.15) is 39.7 Å². The number of carbonyl (C=O) groups excluding carboxylic acids is 1. The first-order valence-corrected chi connectivity index (χ1v) is 8.01. The van der Waals surface area contributed by atoms with Gasteiger partial charge in [0.1, 0.15) is 5.82 Å². The Labute approximate surface area is 136 Å². The summed E-state index contributed by atoms with van der Waals surface area (Å²) in [6, 6.07) is 4.72. The minimum absolute atomic E-state index is 0.0712. The molecule has 122 valence electrons. The summed E-state index contributed by atoms with van der Waals surface area (Å²) in [6.07, 6.45) is 2.79. The molecule has 0 bridgehead atoms. The number of Topliss-reactive ketones (excluding diaryl/α,β-unsaturated/α-hetero) is 1. The van der Waals surface area contributed by atoms with E-state index in [0.717, 1.165) is 16.9 Å². The largest absolute Gasteiger partial charge is 0.382 e. The third-order valence-electron chi connectivity index (χ3n) is 5.27. The van der Waals surface area contributed by atoms with Crippen molar-refractivity contribution in [3.05, 3.63) is 52.5 Å². The van der Waals surface area contributed by atoms with E-state index in [2.05, 4.69) is 37.5 Å². The highest BCUT2D eigenvalue weighted by Crippen LogP contribution is 2.39. The lowest BCUT2D eigenvalue weighted by Crippen LogP contribution is -2.46. The number of carbonyl (C=O) groups is 1. The zero-order valence-electron chi connectivity index (χ0n) is 14.1. The molecule has 3 nitrogen and oxygen atoms in total. The Hall–Kier alpha value is -2.10. The number of benzene rings is 1. The molecule has 23 heavy (non-hydrogen) atoms. The molecule has 2 unspecified atom stereocenters. The van der Waals surface area contributed by atoms with Crippen molar-refractivity contribution in [2.45, 2.75) is 45.6 Å². The molecule has 2 aliphatic rings. The van der Waals surface area contributed by atoms with Crippen LogP contribution in [0, 0.1) is 5.82 Å². The van der Waals surface area contributed by atoms with Gasteiger partial charge in [-0.1, -0.05) is 6.08 Å². The lowest BCUT2D eigenvalue weighted by molar-refractivity contribution is -0.123. The van der Waals surface area contributed by atoms with E-state index in [1.54, 1.807) is 6.07 Å². The van der Waals surface area contributed by atoms with Crippen molar-refractivity contribution in [3.63, 3.8) is 0 Å². The summed E-state index contributed by atoms with van der Waals surface area (Å²) in [5, 5.41) is 6.57. The van der Waals surface area contributed by atoms with Gasteiger partial charge in [0.2, 0.25) is 0 Å². The Balaban J connectivity index is 1.96. The first-order valence-electron chi connectivity index (χ1n) is 8.01. The van der Waals surface area contributed by atoms with E-state index >= 15 is 0 Å². The molecule has 0 amide bonds. The quantitative estimate of drug-likeness (QED) is 0.875. The SMILES string of the molecule is CC1=CC(CC2(C)C(=O)CNc3ccc(F)cc32)NC(C)=C1C. The predicted molar refractivity (Wildman–Crippen MR) is 90.9 cm³/mol. The topological polar surface area (TPSA) is 41.1 Å². The average molecular weight is 314 g/mol. The Bertz CT molecular complexity index is 735. The third kappa shape index (κ3) is 2.67. The van der Waals surface area contributed by atoms with Crippen molar-refractivity contribution in [1.82, 2.24) is 5.32 Å². The first kappa shape index (κ1) is 15.8. The van der Waals surface area contributed by atoms with Crippen molar-refractivity contribution in [2.24, 2.45) is 0 Å². The number of ketones is 1. The van der Waals surface area contributed by atoms with Crippen molar-refractivity contribution >= 4 is 11.5 Å². The second kappa shape index (κ2) is 5.52.